The smallest absolute Gasteiger partial charge is 0.410 e. The second kappa shape index (κ2) is 27.1. The summed E-state index contributed by atoms with van der Waals surface area (Å²) < 4.78 is 41.9. The molecule has 0 fully saturated rings. The third-order valence-electron chi connectivity index (χ3n) is 14.8. The highest BCUT2D eigenvalue weighted by molar-refractivity contribution is 5.96. The zero-order valence-corrected chi connectivity index (χ0v) is 48.8. The number of nitrogens with zero attached hydrogens (tertiary/aromatic N) is 7. The number of likely N-dealkylation sites (N-methyl/N-ethyl adjacent to an activating group) is 1. The number of aryl methyl sites for hydroxylation is 1. The molecule has 0 radical (unpaired) electrons. The third-order valence-corrected chi connectivity index (χ3v) is 14.8. The van der Waals surface area contributed by atoms with Crippen molar-refractivity contribution in [3.8, 4) is 17.3 Å². The van der Waals surface area contributed by atoms with Crippen LogP contribution in [0.25, 0.3) is 11.5 Å². The van der Waals surface area contributed by atoms with Crippen molar-refractivity contribution in [2.24, 2.45) is 5.41 Å². The molecule has 3 heterocycles. The number of benzene rings is 4. The molecule has 6 amide bonds. The monoisotopic (exact) mass is 1150 g/mol. The van der Waals surface area contributed by atoms with Crippen LogP contribution < -0.4 is 31.3 Å². The second-order valence-electron chi connectivity index (χ2n) is 23.1. The zero-order chi connectivity index (χ0) is 60.3. The van der Waals surface area contributed by atoms with Crippen LogP contribution in [-0.2, 0) is 62.9 Å². The van der Waals surface area contributed by atoms with Crippen LogP contribution in [-0.4, -0.2) is 114 Å². The molecular formula is C62H74F2N12O8. The summed E-state index contributed by atoms with van der Waals surface area (Å²) in [5, 5.41) is 23.8. The van der Waals surface area contributed by atoms with Gasteiger partial charge in [0.2, 0.25) is 23.6 Å². The van der Waals surface area contributed by atoms with Gasteiger partial charge >= 0.3 is 6.09 Å². The van der Waals surface area contributed by atoms with Crippen LogP contribution in [0.2, 0.25) is 0 Å². The number of hydrogen-bond donors (Lipinski definition) is 5. The molecule has 84 heavy (non-hydrogen) atoms. The van der Waals surface area contributed by atoms with Gasteiger partial charge in [0.25, 0.3) is 5.91 Å². The van der Waals surface area contributed by atoms with Crippen LogP contribution in [0.4, 0.5) is 19.3 Å². The van der Waals surface area contributed by atoms with Crippen LogP contribution >= 0.6 is 0 Å². The largest absolute Gasteiger partial charge is 0.493 e. The van der Waals surface area contributed by atoms with Crippen molar-refractivity contribution in [3.05, 3.63) is 154 Å². The molecular weight excluding hydrogens is 1080 g/mol. The van der Waals surface area contributed by atoms with Crippen molar-refractivity contribution >= 4 is 41.3 Å². The summed E-state index contributed by atoms with van der Waals surface area (Å²) in [6.07, 6.45) is 5.58. The van der Waals surface area contributed by atoms with Gasteiger partial charge in [-0.15, -0.1) is 10.2 Å². The zero-order valence-electron chi connectivity index (χ0n) is 48.8. The van der Waals surface area contributed by atoms with E-state index in [0.717, 1.165) is 48.1 Å². The number of ether oxygens (including phenoxy) is 2. The van der Waals surface area contributed by atoms with Crippen molar-refractivity contribution in [1.82, 2.24) is 55.8 Å². The van der Waals surface area contributed by atoms with Gasteiger partial charge in [-0.3, -0.25) is 28.9 Å². The number of hydrogen-bond acceptors (Lipinski definition) is 13. The van der Waals surface area contributed by atoms with Gasteiger partial charge in [-0.1, -0.05) is 63.2 Å². The van der Waals surface area contributed by atoms with E-state index in [1.807, 2.05) is 55.7 Å². The topological polar surface area (TPSA) is 244 Å². The molecule has 4 atom stereocenters. The van der Waals surface area contributed by atoms with Crippen LogP contribution in [0.5, 0.6) is 5.75 Å². The number of rotatable bonds is 21. The number of amides is 6. The SMILES string of the molecule is C[C@@H](C(=O)NC(C(=O)N1Cc2cc(OCCC(=O)NCCCn3c(CNc4cccc(C(=O)NCc5c(F)cccc5F)c4)nnc3-c3ccncn3)ccc2C[C@H]1C(=O)N[C@@H]1CCCc2ccccc21)C(C)(C)C)N(C)C(=O)OC(C)(C)C. The van der Waals surface area contributed by atoms with E-state index in [4.69, 9.17) is 9.47 Å². The Kier molecular flexibility index (Phi) is 19.7. The number of anilines is 1. The van der Waals surface area contributed by atoms with Crippen LogP contribution in [0.1, 0.15) is 124 Å². The summed E-state index contributed by atoms with van der Waals surface area (Å²) in [6.45, 7) is 12.9. The van der Waals surface area contributed by atoms with Gasteiger partial charge in [-0.2, -0.15) is 0 Å². The molecule has 0 saturated carbocycles. The number of aromatic nitrogens is 5. The lowest BCUT2D eigenvalue weighted by Crippen LogP contribution is -2.62. The van der Waals surface area contributed by atoms with Crippen LogP contribution in [0, 0.1) is 17.0 Å². The van der Waals surface area contributed by atoms with E-state index in [1.54, 1.807) is 70.3 Å². The van der Waals surface area contributed by atoms with Crippen LogP contribution in [0.15, 0.2) is 104 Å². The van der Waals surface area contributed by atoms with Gasteiger partial charge < -0.3 is 45.5 Å². The molecule has 8 rings (SSSR count). The molecule has 0 saturated heterocycles. The van der Waals surface area contributed by atoms with E-state index in [9.17, 15) is 32.8 Å². The Morgan fingerprint density at radius 3 is 2.35 bits per heavy atom. The van der Waals surface area contributed by atoms with E-state index >= 15 is 4.79 Å². The van der Waals surface area contributed by atoms with E-state index in [-0.39, 0.29) is 68.1 Å². The minimum Gasteiger partial charge on any atom is -0.493 e. The molecule has 444 valence electrons. The number of halogens is 2. The Labute approximate surface area is 487 Å². The van der Waals surface area contributed by atoms with Crippen molar-refractivity contribution in [2.45, 2.75) is 143 Å². The van der Waals surface area contributed by atoms with E-state index in [2.05, 4.69) is 52.8 Å². The maximum absolute atomic E-state index is 15.1. The first-order valence-corrected chi connectivity index (χ1v) is 28.2. The summed E-state index contributed by atoms with van der Waals surface area (Å²) in [5.74, 6) is -2.11. The fourth-order valence-electron chi connectivity index (χ4n) is 10.1. The molecule has 1 unspecified atom stereocenters. The first kappa shape index (κ1) is 61.3. The fourth-order valence-corrected chi connectivity index (χ4v) is 10.1. The molecule has 1 aliphatic heterocycles. The minimum absolute atomic E-state index is 0.0276. The van der Waals surface area contributed by atoms with Gasteiger partial charge in [0.15, 0.2) is 11.6 Å². The van der Waals surface area contributed by atoms with E-state index < -0.39 is 64.6 Å². The van der Waals surface area contributed by atoms with Crippen LogP contribution in [0.3, 0.4) is 0 Å². The van der Waals surface area contributed by atoms with Gasteiger partial charge in [-0.05, 0) is 130 Å². The first-order valence-electron chi connectivity index (χ1n) is 28.2. The fraction of sp³-hybridized carbons (Fsp3) is 0.419. The van der Waals surface area contributed by atoms with Crippen molar-refractivity contribution in [3.63, 3.8) is 0 Å². The summed E-state index contributed by atoms with van der Waals surface area (Å²) in [7, 11) is 1.46. The van der Waals surface area contributed by atoms with Crippen molar-refractivity contribution < 1.29 is 47.0 Å². The lowest BCUT2D eigenvalue weighted by atomic mass is 9.83. The Hall–Kier alpha value is -8.82. The van der Waals surface area contributed by atoms with Gasteiger partial charge in [0.1, 0.15) is 53.1 Å². The third kappa shape index (κ3) is 15.6. The van der Waals surface area contributed by atoms with Crippen molar-refractivity contribution in [1.29, 1.82) is 0 Å². The lowest BCUT2D eigenvalue weighted by Gasteiger charge is -2.42. The molecule has 20 nitrogen and oxygen atoms in total. The molecule has 5 N–H and O–H groups in total. The lowest BCUT2D eigenvalue weighted by molar-refractivity contribution is -0.147. The molecule has 4 aromatic carbocycles. The summed E-state index contributed by atoms with van der Waals surface area (Å²) in [4.78, 5) is 93.9. The molecule has 0 bridgehead atoms. The Balaban J connectivity index is 0.890. The maximum Gasteiger partial charge on any atom is 0.410 e. The maximum atomic E-state index is 15.1. The highest BCUT2D eigenvalue weighted by Crippen LogP contribution is 2.34. The molecule has 6 aromatic rings. The quantitative estimate of drug-likeness (QED) is 0.0433. The summed E-state index contributed by atoms with van der Waals surface area (Å²) in [5.41, 5.74) is 3.35. The highest BCUT2D eigenvalue weighted by atomic mass is 19.1. The van der Waals surface area contributed by atoms with Gasteiger partial charge in [0, 0.05) is 62.7 Å². The van der Waals surface area contributed by atoms with E-state index in [1.165, 1.54) is 34.8 Å². The number of carbonyl (C=O) groups excluding carboxylic acids is 6. The Morgan fingerprint density at radius 1 is 0.845 bits per heavy atom. The first-order chi connectivity index (χ1) is 40.0. The molecule has 22 heteroatoms. The highest BCUT2D eigenvalue weighted by Gasteiger charge is 2.44. The normalized spacial score (nSPS) is 15.5. The molecule has 2 aromatic heterocycles. The van der Waals surface area contributed by atoms with E-state index in [0.29, 0.717) is 48.3 Å². The van der Waals surface area contributed by atoms with Crippen molar-refractivity contribution in [2.75, 3.05) is 25.5 Å². The predicted octanol–water partition coefficient (Wildman–Crippen LogP) is 7.76. The predicted molar refractivity (Wildman–Crippen MR) is 310 cm³/mol. The molecule has 2 aliphatic rings. The standard InChI is InChI=1S/C62H74F2N12O8/c1-38(74(8)60(82)84-62(5,6)7)56(78)71-54(61(2,3)4)59(81)76-36-42-32-44(24-23-40(42)33-51(76)58(80)70-49-22-12-16-39-15-9-10-19-45(39)49)83-30-26-53(77)66-27-14-29-75-52(72-73-55(75)50-25-28-65-37-69-50)35-67-43-18-11-17-41(31-43)57(79)68-34-46-47(63)20-13-21-48(46)64/h9-11,13,15,17-21,23-25,28,31-32,37-38,49,51,54,67H,12,14,16,22,26-27,29-30,33-36H2,1-8H3,(H,66,77)(H,68,79)(H,70,80)(H,71,78)/t38-,49+,51-,54?/m0/s1. The average molecular weight is 1150 g/mol. The van der Waals surface area contributed by atoms with Gasteiger partial charge in [0.05, 0.1) is 25.6 Å². The minimum atomic E-state index is -1.10. The summed E-state index contributed by atoms with van der Waals surface area (Å²) in [6, 6.07) is 22.1. The number of carbonyl (C=O) groups is 6. The number of fused-ring (bicyclic) bond motifs is 2. The molecule has 1 aliphatic carbocycles. The van der Waals surface area contributed by atoms with Gasteiger partial charge in [-0.25, -0.2) is 23.5 Å². The summed E-state index contributed by atoms with van der Waals surface area (Å²) >= 11 is 0. The Morgan fingerprint density at radius 2 is 1.61 bits per heavy atom. The Bertz CT molecular complexity index is 3330. The number of nitrogens with one attached hydrogen (secondary N) is 5. The second-order valence-corrected chi connectivity index (χ2v) is 23.1. The molecule has 0 spiro atoms. The average Bonchev–Trinajstić information content (AvgIpc) is 3.64.